The highest BCUT2D eigenvalue weighted by atomic mass is 32.1. The molecule has 22 heavy (non-hydrogen) atoms. The minimum absolute atomic E-state index is 0.0631. The van der Waals surface area contributed by atoms with Gasteiger partial charge in [-0.1, -0.05) is 0 Å². The van der Waals surface area contributed by atoms with Crippen LogP contribution < -0.4 is 10.1 Å². The van der Waals surface area contributed by atoms with Crippen LogP contribution in [0.25, 0.3) is 0 Å². The van der Waals surface area contributed by atoms with E-state index in [0.717, 1.165) is 0 Å². The van der Waals surface area contributed by atoms with Crippen molar-refractivity contribution in [3.8, 4) is 5.75 Å². The van der Waals surface area contributed by atoms with Crippen LogP contribution in [0.1, 0.15) is 6.92 Å². The summed E-state index contributed by atoms with van der Waals surface area (Å²) >= 11 is 5.32. The summed E-state index contributed by atoms with van der Waals surface area (Å²) in [6.45, 7) is 1.32. The van der Waals surface area contributed by atoms with Crippen LogP contribution in [0.2, 0.25) is 0 Å². The maximum absolute atomic E-state index is 12.1. The first-order chi connectivity index (χ1) is 10.5. The Morgan fingerprint density at radius 2 is 1.73 bits per heavy atom. The van der Waals surface area contributed by atoms with Gasteiger partial charge in [-0.25, -0.2) is 0 Å². The average molecular weight is 329 g/mol. The number of nitrogens with one attached hydrogen (secondary N) is 1. The molecule has 1 N–H and O–H groups in total. The van der Waals surface area contributed by atoms with Gasteiger partial charge in [0, 0.05) is 38.8 Å². The zero-order valence-electron chi connectivity index (χ0n) is 12.1. The number of anilines is 1. The van der Waals surface area contributed by atoms with Gasteiger partial charge in [-0.15, -0.1) is 0 Å². The number of hydrogen-bond donors (Lipinski definition) is 1. The van der Waals surface area contributed by atoms with Crippen molar-refractivity contribution in [1.29, 1.82) is 0 Å². The Kier molecular flexibility index (Phi) is 5.48. The van der Waals surface area contributed by atoms with Crippen LogP contribution in [0.15, 0.2) is 24.3 Å². The maximum Gasteiger partial charge on any atom is 0.387 e. The third-order valence-corrected chi connectivity index (χ3v) is 3.70. The van der Waals surface area contributed by atoms with E-state index in [0.29, 0.717) is 37.0 Å². The molecule has 1 amide bonds. The third-order valence-electron chi connectivity index (χ3n) is 3.34. The standard InChI is InChI=1S/C14H17F2N3O2S/c1-10(20)18-6-8-19(9-7-18)14(22)17-11-2-4-12(5-3-11)21-13(15)16/h2-5,13H,6-9H2,1H3,(H,17,22). The summed E-state index contributed by atoms with van der Waals surface area (Å²) in [4.78, 5) is 15.0. The first-order valence-electron chi connectivity index (χ1n) is 6.82. The monoisotopic (exact) mass is 329 g/mol. The predicted molar refractivity (Wildman–Crippen MR) is 83.1 cm³/mol. The van der Waals surface area contributed by atoms with E-state index in [1.165, 1.54) is 12.1 Å². The van der Waals surface area contributed by atoms with Crippen LogP contribution >= 0.6 is 12.2 Å². The molecule has 0 unspecified atom stereocenters. The van der Waals surface area contributed by atoms with Crippen molar-refractivity contribution in [3.05, 3.63) is 24.3 Å². The van der Waals surface area contributed by atoms with Crippen LogP contribution in [0.4, 0.5) is 14.5 Å². The largest absolute Gasteiger partial charge is 0.435 e. The third kappa shape index (κ3) is 4.52. The highest BCUT2D eigenvalue weighted by molar-refractivity contribution is 7.80. The fourth-order valence-corrected chi connectivity index (χ4v) is 2.45. The Labute approximate surface area is 132 Å². The van der Waals surface area contributed by atoms with Crippen LogP contribution in [0.3, 0.4) is 0 Å². The fourth-order valence-electron chi connectivity index (χ4n) is 2.15. The summed E-state index contributed by atoms with van der Waals surface area (Å²) in [7, 11) is 0. The molecule has 0 atom stereocenters. The number of carbonyl (C=O) groups is 1. The van der Waals surface area contributed by atoms with Crippen molar-refractivity contribution < 1.29 is 18.3 Å². The number of carbonyl (C=O) groups excluding carboxylic acids is 1. The summed E-state index contributed by atoms with van der Waals surface area (Å²) in [5, 5.41) is 3.59. The molecule has 1 aromatic rings. The van der Waals surface area contributed by atoms with Crippen LogP contribution in [-0.4, -0.2) is 53.6 Å². The van der Waals surface area contributed by atoms with Crippen LogP contribution in [-0.2, 0) is 4.79 Å². The van der Waals surface area contributed by atoms with Gasteiger partial charge in [-0.2, -0.15) is 8.78 Å². The minimum Gasteiger partial charge on any atom is -0.435 e. The van der Waals surface area contributed by atoms with Crippen LogP contribution in [0, 0.1) is 0 Å². The van der Waals surface area contributed by atoms with Crippen molar-refractivity contribution >= 4 is 28.9 Å². The highest BCUT2D eigenvalue weighted by Gasteiger charge is 2.20. The summed E-state index contributed by atoms with van der Waals surface area (Å²) in [5.41, 5.74) is 0.695. The lowest BCUT2D eigenvalue weighted by Crippen LogP contribution is -2.51. The fraction of sp³-hybridized carbons (Fsp3) is 0.429. The number of rotatable bonds is 3. The lowest BCUT2D eigenvalue weighted by atomic mass is 10.3. The van der Waals surface area contributed by atoms with Crippen molar-refractivity contribution in [2.75, 3.05) is 31.5 Å². The Balaban J connectivity index is 1.86. The van der Waals surface area contributed by atoms with Gasteiger partial charge < -0.3 is 19.9 Å². The molecule has 0 saturated carbocycles. The number of amides is 1. The zero-order chi connectivity index (χ0) is 16.1. The summed E-state index contributed by atoms with van der Waals surface area (Å²) in [6, 6.07) is 6.14. The van der Waals surface area contributed by atoms with E-state index < -0.39 is 6.61 Å². The molecule has 1 aromatic carbocycles. The Morgan fingerprint density at radius 3 is 2.23 bits per heavy atom. The second-order valence-corrected chi connectivity index (χ2v) is 5.21. The zero-order valence-corrected chi connectivity index (χ0v) is 12.9. The second kappa shape index (κ2) is 7.35. The lowest BCUT2D eigenvalue weighted by molar-refractivity contribution is -0.130. The van der Waals surface area contributed by atoms with E-state index >= 15 is 0 Å². The quantitative estimate of drug-likeness (QED) is 0.861. The molecular weight excluding hydrogens is 312 g/mol. The number of piperazine rings is 1. The first kappa shape index (κ1) is 16.4. The second-order valence-electron chi connectivity index (χ2n) is 4.83. The normalized spacial score (nSPS) is 14.9. The molecular formula is C14H17F2N3O2S. The van der Waals surface area contributed by atoms with Gasteiger partial charge in [0.25, 0.3) is 0 Å². The van der Waals surface area contributed by atoms with Crippen molar-refractivity contribution in [1.82, 2.24) is 9.80 Å². The molecule has 1 aliphatic heterocycles. The molecule has 120 valence electrons. The first-order valence-corrected chi connectivity index (χ1v) is 7.23. The number of alkyl halides is 2. The van der Waals surface area contributed by atoms with E-state index in [-0.39, 0.29) is 11.7 Å². The van der Waals surface area contributed by atoms with E-state index in [9.17, 15) is 13.6 Å². The van der Waals surface area contributed by atoms with Gasteiger partial charge >= 0.3 is 6.61 Å². The van der Waals surface area contributed by atoms with Gasteiger partial charge in [-0.05, 0) is 36.5 Å². The number of thiocarbonyl (C=S) groups is 1. The molecule has 0 bridgehead atoms. The SMILES string of the molecule is CC(=O)N1CCN(C(=S)Nc2ccc(OC(F)F)cc2)CC1. The molecule has 1 fully saturated rings. The Hall–Kier alpha value is -1.96. The average Bonchev–Trinajstić information content (AvgIpc) is 2.49. The number of nitrogens with zero attached hydrogens (tertiary/aromatic N) is 2. The van der Waals surface area contributed by atoms with Crippen LogP contribution in [0.5, 0.6) is 5.75 Å². The molecule has 2 rings (SSSR count). The van der Waals surface area contributed by atoms with Crippen molar-refractivity contribution in [2.24, 2.45) is 0 Å². The molecule has 1 saturated heterocycles. The van der Waals surface area contributed by atoms with E-state index in [1.54, 1.807) is 24.0 Å². The maximum atomic E-state index is 12.1. The van der Waals surface area contributed by atoms with Gasteiger partial charge in [0.2, 0.25) is 5.91 Å². The minimum atomic E-state index is -2.84. The van der Waals surface area contributed by atoms with Crippen molar-refractivity contribution in [2.45, 2.75) is 13.5 Å². The molecule has 0 aliphatic carbocycles. The van der Waals surface area contributed by atoms with Gasteiger partial charge in [0.15, 0.2) is 5.11 Å². The molecule has 0 radical (unpaired) electrons. The molecule has 1 aliphatic rings. The number of hydrogen-bond acceptors (Lipinski definition) is 3. The topological polar surface area (TPSA) is 44.8 Å². The Morgan fingerprint density at radius 1 is 1.18 bits per heavy atom. The van der Waals surface area contributed by atoms with Gasteiger partial charge in [-0.3, -0.25) is 4.79 Å². The van der Waals surface area contributed by atoms with Gasteiger partial charge in [0.05, 0.1) is 0 Å². The molecule has 5 nitrogen and oxygen atoms in total. The highest BCUT2D eigenvalue weighted by Crippen LogP contribution is 2.18. The molecule has 0 spiro atoms. The van der Waals surface area contributed by atoms with E-state index in [1.807, 2.05) is 4.90 Å². The van der Waals surface area contributed by atoms with E-state index in [2.05, 4.69) is 10.1 Å². The summed E-state index contributed by atoms with van der Waals surface area (Å²) in [5.74, 6) is 0.162. The molecule has 0 aromatic heterocycles. The smallest absolute Gasteiger partial charge is 0.387 e. The molecule has 8 heteroatoms. The summed E-state index contributed by atoms with van der Waals surface area (Å²) in [6.07, 6.45) is 0. The number of benzene rings is 1. The molecule has 1 heterocycles. The number of ether oxygens (including phenoxy) is 1. The van der Waals surface area contributed by atoms with Crippen molar-refractivity contribution in [3.63, 3.8) is 0 Å². The summed E-state index contributed by atoms with van der Waals surface area (Å²) < 4.78 is 28.4. The van der Waals surface area contributed by atoms with Gasteiger partial charge in [0.1, 0.15) is 5.75 Å². The lowest BCUT2D eigenvalue weighted by Gasteiger charge is -2.35. The Bertz CT molecular complexity index is 531. The van der Waals surface area contributed by atoms with E-state index in [4.69, 9.17) is 12.2 Å². The number of halogens is 2. The predicted octanol–water partition coefficient (Wildman–Crippen LogP) is 2.15.